The lowest BCUT2D eigenvalue weighted by atomic mass is 10.2. The van der Waals surface area contributed by atoms with Gasteiger partial charge in [0.05, 0.1) is 5.69 Å². The first kappa shape index (κ1) is 13.0. The predicted octanol–water partition coefficient (Wildman–Crippen LogP) is 3.55. The molecule has 0 aliphatic rings. The number of anilines is 2. The van der Waals surface area contributed by atoms with Crippen molar-refractivity contribution in [3.8, 4) is 0 Å². The van der Waals surface area contributed by atoms with E-state index >= 15 is 0 Å². The molecule has 88 valence electrons. The minimum absolute atomic E-state index is 0.0414. The fourth-order valence-electron chi connectivity index (χ4n) is 1.39. The van der Waals surface area contributed by atoms with Crippen molar-refractivity contribution < 1.29 is 4.79 Å². The first-order chi connectivity index (χ1) is 7.63. The van der Waals surface area contributed by atoms with E-state index in [9.17, 15) is 4.79 Å². The maximum atomic E-state index is 11.6. The molecule has 0 unspecified atom stereocenters. The number of nitrogen functional groups attached to an aromatic ring is 1. The van der Waals surface area contributed by atoms with Gasteiger partial charge in [0.2, 0.25) is 5.91 Å². The van der Waals surface area contributed by atoms with Gasteiger partial charge in [-0.3, -0.25) is 4.79 Å². The van der Waals surface area contributed by atoms with E-state index < -0.39 is 0 Å². The molecule has 16 heavy (non-hydrogen) atoms. The Kier molecular flexibility index (Phi) is 5.32. The van der Waals surface area contributed by atoms with Gasteiger partial charge in [-0.25, -0.2) is 0 Å². The highest BCUT2D eigenvalue weighted by Gasteiger charge is 2.05. The maximum Gasteiger partial charge on any atom is 0.224 e. The van der Waals surface area contributed by atoms with Crippen LogP contribution in [-0.2, 0) is 4.79 Å². The summed E-state index contributed by atoms with van der Waals surface area (Å²) in [5, 5.41) is 2.84. The smallest absolute Gasteiger partial charge is 0.224 e. The number of rotatable bonds is 5. The number of nitrogens with one attached hydrogen (secondary N) is 1. The van der Waals surface area contributed by atoms with Gasteiger partial charge in [0.1, 0.15) is 0 Å². The lowest BCUT2D eigenvalue weighted by Gasteiger charge is -2.07. The third-order valence-electron chi connectivity index (χ3n) is 2.27. The van der Waals surface area contributed by atoms with Crippen LogP contribution in [0.4, 0.5) is 11.4 Å². The van der Waals surface area contributed by atoms with Crippen molar-refractivity contribution in [2.75, 3.05) is 11.1 Å². The average molecular weight is 285 g/mol. The summed E-state index contributed by atoms with van der Waals surface area (Å²) in [6.07, 6.45) is 3.71. The first-order valence-electron chi connectivity index (χ1n) is 5.48. The Balaban J connectivity index is 2.52. The van der Waals surface area contributed by atoms with Crippen molar-refractivity contribution in [1.82, 2.24) is 0 Å². The molecule has 1 aromatic rings. The van der Waals surface area contributed by atoms with Gasteiger partial charge in [0.25, 0.3) is 0 Å². The quantitative estimate of drug-likeness (QED) is 0.642. The van der Waals surface area contributed by atoms with Crippen molar-refractivity contribution in [2.45, 2.75) is 32.6 Å². The zero-order valence-electron chi connectivity index (χ0n) is 9.42. The van der Waals surface area contributed by atoms with Gasteiger partial charge in [-0.15, -0.1) is 0 Å². The van der Waals surface area contributed by atoms with Gasteiger partial charge < -0.3 is 11.1 Å². The third-order valence-corrected chi connectivity index (χ3v) is 2.96. The Morgan fingerprint density at radius 1 is 1.44 bits per heavy atom. The fourth-order valence-corrected chi connectivity index (χ4v) is 1.73. The number of halogens is 1. The number of carbonyl (C=O) groups excluding carboxylic acids is 1. The van der Waals surface area contributed by atoms with Crippen molar-refractivity contribution in [1.29, 1.82) is 0 Å². The lowest BCUT2D eigenvalue weighted by molar-refractivity contribution is -0.116. The molecule has 0 atom stereocenters. The fraction of sp³-hybridized carbons (Fsp3) is 0.417. The molecule has 0 saturated heterocycles. The van der Waals surface area contributed by atoms with Crippen molar-refractivity contribution in [2.24, 2.45) is 0 Å². The SMILES string of the molecule is CCCCCC(=O)Nc1cc(N)ccc1Br. The largest absolute Gasteiger partial charge is 0.399 e. The monoisotopic (exact) mass is 284 g/mol. The third kappa shape index (κ3) is 4.23. The number of unbranched alkanes of at least 4 members (excludes halogenated alkanes) is 2. The van der Waals surface area contributed by atoms with Crippen molar-refractivity contribution in [3.05, 3.63) is 22.7 Å². The van der Waals surface area contributed by atoms with Gasteiger partial charge in [0.15, 0.2) is 0 Å². The zero-order valence-corrected chi connectivity index (χ0v) is 11.0. The highest BCUT2D eigenvalue weighted by Crippen LogP contribution is 2.24. The summed E-state index contributed by atoms with van der Waals surface area (Å²) in [4.78, 5) is 11.6. The van der Waals surface area contributed by atoms with Crippen LogP contribution in [0.3, 0.4) is 0 Å². The van der Waals surface area contributed by atoms with Gasteiger partial charge >= 0.3 is 0 Å². The Hall–Kier alpha value is -1.03. The summed E-state index contributed by atoms with van der Waals surface area (Å²) in [5.74, 6) is 0.0414. The maximum absolute atomic E-state index is 11.6. The molecule has 1 aromatic carbocycles. The van der Waals surface area contributed by atoms with Crippen LogP contribution < -0.4 is 11.1 Å². The van der Waals surface area contributed by atoms with Crippen LogP contribution in [0.25, 0.3) is 0 Å². The molecular formula is C12H17BrN2O. The second kappa shape index (κ2) is 6.53. The number of amides is 1. The lowest BCUT2D eigenvalue weighted by Crippen LogP contribution is -2.11. The van der Waals surface area contributed by atoms with E-state index in [1.807, 2.05) is 6.07 Å². The van der Waals surface area contributed by atoms with E-state index in [2.05, 4.69) is 28.2 Å². The highest BCUT2D eigenvalue weighted by molar-refractivity contribution is 9.10. The topological polar surface area (TPSA) is 55.1 Å². The number of carbonyl (C=O) groups is 1. The number of hydrogen-bond donors (Lipinski definition) is 2. The van der Waals surface area contributed by atoms with Gasteiger partial charge in [-0.05, 0) is 40.5 Å². The van der Waals surface area contributed by atoms with Crippen LogP contribution in [0.15, 0.2) is 22.7 Å². The Morgan fingerprint density at radius 3 is 2.88 bits per heavy atom. The summed E-state index contributed by atoms with van der Waals surface area (Å²) < 4.78 is 0.852. The van der Waals surface area contributed by atoms with Crippen LogP contribution in [-0.4, -0.2) is 5.91 Å². The number of benzene rings is 1. The Morgan fingerprint density at radius 2 is 2.19 bits per heavy atom. The van der Waals surface area contributed by atoms with E-state index in [0.717, 1.165) is 29.4 Å². The minimum atomic E-state index is 0.0414. The van der Waals surface area contributed by atoms with Crippen molar-refractivity contribution in [3.63, 3.8) is 0 Å². The van der Waals surface area contributed by atoms with Gasteiger partial charge in [0, 0.05) is 16.6 Å². The first-order valence-corrected chi connectivity index (χ1v) is 6.27. The second-order valence-electron chi connectivity index (χ2n) is 3.74. The van der Waals surface area contributed by atoms with Crippen LogP contribution in [0, 0.1) is 0 Å². The molecule has 3 N–H and O–H groups in total. The summed E-state index contributed by atoms with van der Waals surface area (Å²) >= 11 is 3.37. The van der Waals surface area contributed by atoms with E-state index in [1.165, 1.54) is 0 Å². The van der Waals surface area contributed by atoms with Crippen LogP contribution in [0.5, 0.6) is 0 Å². The number of nitrogens with two attached hydrogens (primary N) is 1. The molecule has 0 fully saturated rings. The molecule has 0 aliphatic carbocycles. The Labute approximate surface area is 105 Å². The Bertz CT molecular complexity index is 366. The molecule has 3 nitrogen and oxygen atoms in total. The standard InChI is InChI=1S/C12H17BrN2O/c1-2-3-4-5-12(16)15-11-8-9(14)6-7-10(11)13/h6-8H,2-5,14H2,1H3,(H,15,16). The van der Waals surface area contributed by atoms with E-state index in [4.69, 9.17) is 5.73 Å². The molecule has 0 radical (unpaired) electrons. The highest BCUT2D eigenvalue weighted by atomic mass is 79.9. The van der Waals surface area contributed by atoms with Crippen LogP contribution in [0.1, 0.15) is 32.6 Å². The van der Waals surface area contributed by atoms with Crippen molar-refractivity contribution >= 4 is 33.2 Å². The van der Waals surface area contributed by atoms with E-state index in [-0.39, 0.29) is 5.91 Å². The van der Waals surface area contributed by atoms with Crippen LogP contribution >= 0.6 is 15.9 Å². The van der Waals surface area contributed by atoms with E-state index in [1.54, 1.807) is 12.1 Å². The second-order valence-corrected chi connectivity index (χ2v) is 4.60. The molecule has 0 bridgehead atoms. The van der Waals surface area contributed by atoms with E-state index in [0.29, 0.717) is 12.1 Å². The van der Waals surface area contributed by atoms with Crippen LogP contribution in [0.2, 0.25) is 0 Å². The molecule has 1 rings (SSSR count). The summed E-state index contributed by atoms with van der Waals surface area (Å²) in [5.41, 5.74) is 7.04. The normalized spacial score (nSPS) is 10.1. The molecular weight excluding hydrogens is 268 g/mol. The zero-order chi connectivity index (χ0) is 12.0. The summed E-state index contributed by atoms with van der Waals surface area (Å²) in [6.45, 7) is 2.12. The van der Waals surface area contributed by atoms with Gasteiger partial charge in [-0.2, -0.15) is 0 Å². The summed E-state index contributed by atoms with van der Waals surface area (Å²) in [7, 11) is 0. The molecule has 0 saturated carbocycles. The molecule has 1 amide bonds. The minimum Gasteiger partial charge on any atom is -0.399 e. The molecule has 0 heterocycles. The predicted molar refractivity (Wildman–Crippen MR) is 71.3 cm³/mol. The molecule has 0 spiro atoms. The molecule has 4 heteroatoms. The summed E-state index contributed by atoms with van der Waals surface area (Å²) in [6, 6.07) is 5.37. The van der Waals surface area contributed by atoms with Gasteiger partial charge in [-0.1, -0.05) is 19.8 Å². The molecule has 0 aromatic heterocycles. The molecule has 0 aliphatic heterocycles. The number of hydrogen-bond acceptors (Lipinski definition) is 2. The average Bonchev–Trinajstić information content (AvgIpc) is 2.24.